The van der Waals surface area contributed by atoms with Crippen LogP contribution in [0.25, 0.3) is 0 Å². The molecule has 3 nitrogen and oxygen atoms in total. The van der Waals surface area contributed by atoms with E-state index in [1.54, 1.807) is 4.90 Å². The van der Waals surface area contributed by atoms with Gasteiger partial charge in [-0.25, -0.2) is 0 Å². The topological polar surface area (TPSA) is 46.3 Å². The monoisotopic (exact) mass is 312 g/mol. The van der Waals surface area contributed by atoms with Gasteiger partial charge in [0, 0.05) is 19.0 Å². The molecule has 0 spiro atoms. The number of nitrogens with two attached hydrogens (primary N) is 1. The van der Waals surface area contributed by atoms with Crippen molar-refractivity contribution in [3.63, 3.8) is 0 Å². The van der Waals surface area contributed by atoms with E-state index in [2.05, 4.69) is 45.0 Å². The van der Waals surface area contributed by atoms with Crippen LogP contribution < -0.4 is 5.73 Å². The number of hydrogen-bond donors (Lipinski definition) is 1. The molecule has 1 unspecified atom stereocenters. The highest BCUT2D eigenvalue weighted by atomic mass is 35.5. The standard InChI is InChI=1S/C17H28N2O.ClH/c1-6-7-15(18)16(20)19(5)12-17(3,4)14-10-8-13(2)9-11-14;/h8-11,15H,6-7,12,18H2,1-5H3;1H. The molecule has 0 fully saturated rings. The molecule has 120 valence electrons. The van der Waals surface area contributed by atoms with Gasteiger partial charge in [-0.3, -0.25) is 4.79 Å². The molecular formula is C17H29ClN2O. The number of carbonyl (C=O) groups is 1. The first-order valence-corrected chi connectivity index (χ1v) is 7.35. The van der Waals surface area contributed by atoms with Gasteiger partial charge in [-0.2, -0.15) is 0 Å². The van der Waals surface area contributed by atoms with Crippen molar-refractivity contribution >= 4 is 18.3 Å². The molecule has 4 heteroatoms. The molecule has 1 aromatic rings. The Morgan fingerprint density at radius 1 is 1.29 bits per heavy atom. The summed E-state index contributed by atoms with van der Waals surface area (Å²) < 4.78 is 0. The maximum absolute atomic E-state index is 12.2. The van der Waals surface area contributed by atoms with E-state index in [9.17, 15) is 4.79 Å². The van der Waals surface area contributed by atoms with Gasteiger partial charge in [-0.15, -0.1) is 12.4 Å². The minimum absolute atomic E-state index is 0. The summed E-state index contributed by atoms with van der Waals surface area (Å²) in [5.74, 6) is 0.0343. The number of carbonyl (C=O) groups excluding carboxylic acids is 1. The Labute approximate surface area is 135 Å². The van der Waals surface area contributed by atoms with Crippen molar-refractivity contribution < 1.29 is 4.79 Å². The molecule has 0 aliphatic heterocycles. The van der Waals surface area contributed by atoms with Crippen LogP contribution in [-0.4, -0.2) is 30.4 Å². The summed E-state index contributed by atoms with van der Waals surface area (Å²) in [5, 5.41) is 0. The summed E-state index contributed by atoms with van der Waals surface area (Å²) in [5.41, 5.74) is 8.33. The van der Waals surface area contributed by atoms with Crippen molar-refractivity contribution in [2.75, 3.05) is 13.6 Å². The van der Waals surface area contributed by atoms with Crippen molar-refractivity contribution in [2.24, 2.45) is 5.73 Å². The number of hydrogen-bond acceptors (Lipinski definition) is 2. The molecule has 21 heavy (non-hydrogen) atoms. The van der Waals surface area contributed by atoms with Crippen molar-refractivity contribution in [1.82, 2.24) is 4.90 Å². The largest absolute Gasteiger partial charge is 0.344 e. The molecule has 1 atom stereocenters. The summed E-state index contributed by atoms with van der Waals surface area (Å²) in [6, 6.07) is 8.13. The molecule has 0 heterocycles. The number of benzene rings is 1. The highest BCUT2D eigenvalue weighted by molar-refractivity contribution is 5.85. The van der Waals surface area contributed by atoms with Crippen LogP contribution in [0.4, 0.5) is 0 Å². The lowest BCUT2D eigenvalue weighted by Crippen LogP contribution is -2.46. The summed E-state index contributed by atoms with van der Waals surface area (Å²) in [7, 11) is 1.84. The molecule has 2 N–H and O–H groups in total. The average molecular weight is 313 g/mol. The summed E-state index contributed by atoms with van der Waals surface area (Å²) in [6.45, 7) is 9.12. The van der Waals surface area contributed by atoms with Crippen LogP contribution in [0.3, 0.4) is 0 Å². The van der Waals surface area contributed by atoms with Crippen LogP contribution in [-0.2, 0) is 10.2 Å². The third-order valence-electron chi connectivity index (χ3n) is 3.76. The van der Waals surface area contributed by atoms with Crippen LogP contribution in [0.5, 0.6) is 0 Å². The van der Waals surface area contributed by atoms with E-state index >= 15 is 0 Å². The van der Waals surface area contributed by atoms with E-state index in [1.165, 1.54) is 11.1 Å². The molecule has 1 rings (SSSR count). The average Bonchev–Trinajstić information content (AvgIpc) is 2.38. The Morgan fingerprint density at radius 3 is 2.29 bits per heavy atom. The Kier molecular flexibility index (Phi) is 7.98. The maximum atomic E-state index is 12.2. The van der Waals surface area contributed by atoms with Gasteiger partial charge in [0.1, 0.15) is 0 Å². The van der Waals surface area contributed by atoms with E-state index in [-0.39, 0.29) is 29.8 Å². The summed E-state index contributed by atoms with van der Waals surface area (Å²) >= 11 is 0. The zero-order valence-corrected chi connectivity index (χ0v) is 14.7. The van der Waals surface area contributed by atoms with Gasteiger partial charge in [0.05, 0.1) is 6.04 Å². The molecular weight excluding hydrogens is 284 g/mol. The smallest absolute Gasteiger partial charge is 0.239 e. The first-order chi connectivity index (χ1) is 9.27. The number of nitrogens with zero attached hydrogens (tertiary/aromatic N) is 1. The SMILES string of the molecule is CCCC(N)C(=O)N(C)CC(C)(C)c1ccc(C)cc1.Cl. The van der Waals surface area contributed by atoms with Crippen LogP contribution in [0, 0.1) is 6.92 Å². The number of rotatable bonds is 6. The third kappa shape index (κ3) is 5.68. The summed E-state index contributed by atoms with van der Waals surface area (Å²) in [4.78, 5) is 14.0. The van der Waals surface area contributed by atoms with Crippen LogP contribution >= 0.6 is 12.4 Å². The first-order valence-electron chi connectivity index (χ1n) is 7.35. The molecule has 0 aliphatic carbocycles. The summed E-state index contributed by atoms with van der Waals surface area (Å²) in [6.07, 6.45) is 1.68. The van der Waals surface area contributed by atoms with Crippen molar-refractivity contribution in [1.29, 1.82) is 0 Å². The fraction of sp³-hybridized carbons (Fsp3) is 0.588. The number of aryl methyl sites for hydroxylation is 1. The lowest BCUT2D eigenvalue weighted by Gasteiger charge is -2.32. The minimum Gasteiger partial charge on any atom is -0.344 e. The predicted octanol–water partition coefficient (Wildman–Crippen LogP) is 3.28. The third-order valence-corrected chi connectivity index (χ3v) is 3.76. The van der Waals surface area contributed by atoms with Crippen LogP contribution in [0.2, 0.25) is 0 Å². The quantitative estimate of drug-likeness (QED) is 0.876. The first kappa shape index (κ1) is 19.9. The second-order valence-electron chi connectivity index (χ2n) is 6.34. The maximum Gasteiger partial charge on any atom is 0.239 e. The Morgan fingerprint density at radius 2 is 1.81 bits per heavy atom. The molecule has 0 saturated heterocycles. The van der Waals surface area contributed by atoms with Crippen molar-refractivity contribution in [2.45, 2.75) is 52.0 Å². The van der Waals surface area contributed by atoms with Gasteiger partial charge in [0.15, 0.2) is 0 Å². The highest BCUT2D eigenvalue weighted by Crippen LogP contribution is 2.24. The van der Waals surface area contributed by atoms with Crippen LogP contribution in [0.1, 0.15) is 44.7 Å². The Hall–Kier alpha value is -1.06. The Balaban J connectivity index is 0.00000400. The lowest BCUT2D eigenvalue weighted by molar-refractivity contribution is -0.132. The second kappa shape index (κ2) is 8.40. The molecule has 0 bridgehead atoms. The molecule has 0 aliphatic rings. The van der Waals surface area contributed by atoms with Gasteiger partial charge < -0.3 is 10.6 Å². The number of likely N-dealkylation sites (N-methyl/N-ethyl adjacent to an activating group) is 1. The van der Waals surface area contributed by atoms with Crippen molar-refractivity contribution in [3.8, 4) is 0 Å². The highest BCUT2D eigenvalue weighted by Gasteiger charge is 2.26. The number of halogens is 1. The van der Waals surface area contributed by atoms with Gasteiger partial charge >= 0.3 is 0 Å². The van der Waals surface area contributed by atoms with Gasteiger partial charge in [-0.1, -0.05) is 57.0 Å². The molecule has 0 radical (unpaired) electrons. The predicted molar refractivity (Wildman–Crippen MR) is 92.0 cm³/mol. The minimum atomic E-state index is -0.376. The van der Waals surface area contributed by atoms with Crippen molar-refractivity contribution in [3.05, 3.63) is 35.4 Å². The van der Waals surface area contributed by atoms with E-state index in [4.69, 9.17) is 5.73 Å². The zero-order valence-electron chi connectivity index (χ0n) is 13.8. The fourth-order valence-corrected chi connectivity index (χ4v) is 2.48. The van der Waals surface area contributed by atoms with Crippen LogP contribution in [0.15, 0.2) is 24.3 Å². The van der Waals surface area contributed by atoms with E-state index < -0.39 is 0 Å². The zero-order chi connectivity index (χ0) is 15.3. The van der Waals surface area contributed by atoms with E-state index in [1.807, 2.05) is 14.0 Å². The van der Waals surface area contributed by atoms with Gasteiger partial charge in [0.25, 0.3) is 0 Å². The normalized spacial score (nSPS) is 12.5. The number of amides is 1. The van der Waals surface area contributed by atoms with Gasteiger partial charge in [0.2, 0.25) is 5.91 Å². The Bertz CT molecular complexity index is 443. The van der Waals surface area contributed by atoms with E-state index in [0.717, 1.165) is 12.8 Å². The second-order valence-corrected chi connectivity index (χ2v) is 6.34. The van der Waals surface area contributed by atoms with E-state index in [0.29, 0.717) is 6.54 Å². The fourth-order valence-electron chi connectivity index (χ4n) is 2.48. The molecule has 1 amide bonds. The molecule has 1 aromatic carbocycles. The van der Waals surface area contributed by atoms with Gasteiger partial charge in [-0.05, 0) is 18.9 Å². The molecule has 0 aromatic heterocycles. The lowest BCUT2D eigenvalue weighted by atomic mass is 9.83. The molecule has 0 saturated carbocycles.